The first-order valence-electron chi connectivity index (χ1n) is 8.59. The lowest BCUT2D eigenvalue weighted by Gasteiger charge is -2.23. The Morgan fingerprint density at radius 3 is 2.96 bits per heavy atom. The molecule has 1 aliphatic heterocycles. The number of thioether (sulfide) groups is 1. The summed E-state index contributed by atoms with van der Waals surface area (Å²) in [7, 11) is 0. The van der Waals surface area contributed by atoms with Gasteiger partial charge in [0.2, 0.25) is 11.0 Å². The maximum Gasteiger partial charge on any atom is 0.247 e. The number of hydrogen-bond acceptors (Lipinski definition) is 7. The molecular weight excluding hydrogens is 348 g/mol. The molecule has 2 heterocycles. The van der Waals surface area contributed by atoms with Crippen LogP contribution in [0.5, 0.6) is 5.88 Å². The summed E-state index contributed by atoms with van der Waals surface area (Å²) >= 11 is 1.44. The molecule has 2 unspecified atom stereocenters. The fraction of sp³-hybridized carbons (Fsp3) is 0.316. The number of nitrogens with zero attached hydrogens (tertiary/aromatic N) is 3. The third kappa shape index (κ3) is 3.32. The van der Waals surface area contributed by atoms with E-state index in [1.807, 2.05) is 37.4 Å². The minimum absolute atomic E-state index is 0.126. The zero-order chi connectivity index (χ0) is 17.9. The van der Waals surface area contributed by atoms with E-state index in [1.165, 1.54) is 11.8 Å². The molecular formula is C19H20N4O2S. The van der Waals surface area contributed by atoms with Gasteiger partial charge in [0.15, 0.2) is 11.9 Å². The Hall–Kier alpha value is -2.38. The van der Waals surface area contributed by atoms with Crippen LogP contribution in [0.1, 0.15) is 13.3 Å². The lowest BCUT2D eigenvalue weighted by Crippen LogP contribution is -2.29. The molecule has 1 aromatic carbocycles. The highest BCUT2D eigenvalue weighted by atomic mass is 32.2. The lowest BCUT2D eigenvalue weighted by molar-refractivity contribution is 0.0969. The van der Waals surface area contributed by atoms with Crippen LogP contribution in [-0.2, 0) is 4.74 Å². The fourth-order valence-electron chi connectivity index (χ4n) is 3.03. The molecule has 1 aromatic heterocycles. The van der Waals surface area contributed by atoms with Crippen molar-refractivity contribution in [2.75, 3.05) is 18.2 Å². The number of para-hydroxylation sites is 1. The number of rotatable bonds is 4. The van der Waals surface area contributed by atoms with Gasteiger partial charge in [-0.05, 0) is 25.7 Å². The topological polar surface area (TPSA) is 69.2 Å². The third-order valence-corrected chi connectivity index (χ3v) is 4.83. The van der Waals surface area contributed by atoms with Crippen LogP contribution >= 0.6 is 11.8 Å². The molecule has 0 bridgehead atoms. The van der Waals surface area contributed by atoms with E-state index >= 15 is 0 Å². The minimum Gasteiger partial charge on any atom is -0.448 e. The van der Waals surface area contributed by atoms with E-state index in [4.69, 9.17) is 9.47 Å². The molecule has 0 amide bonds. The molecule has 0 radical (unpaired) electrons. The molecule has 4 rings (SSSR count). The van der Waals surface area contributed by atoms with E-state index in [-0.39, 0.29) is 12.3 Å². The number of nitrogens with one attached hydrogen (secondary N) is 1. The van der Waals surface area contributed by atoms with E-state index in [0.717, 1.165) is 23.2 Å². The Morgan fingerprint density at radius 2 is 2.19 bits per heavy atom. The Kier molecular flexibility index (Phi) is 4.90. The van der Waals surface area contributed by atoms with E-state index in [9.17, 15) is 0 Å². The van der Waals surface area contributed by atoms with Crippen LogP contribution in [0.3, 0.4) is 0 Å². The lowest BCUT2D eigenvalue weighted by atomic mass is 10.0. The minimum atomic E-state index is -0.345. The molecule has 0 spiro atoms. The number of anilines is 1. The molecule has 134 valence electrons. The van der Waals surface area contributed by atoms with Crippen LogP contribution < -0.4 is 10.1 Å². The Labute approximate surface area is 156 Å². The van der Waals surface area contributed by atoms with Crippen molar-refractivity contribution in [3.63, 3.8) is 0 Å². The molecule has 0 saturated carbocycles. The number of hydrogen-bond donors (Lipinski definition) is 1. The maximum absolute atomic E-state index is 6.22. The number of aromatic nitrogens is 3. The standard InChI is InChI=1S/C19H20N4O2S/c1-3-24-13-10-8-12(9-11-13)17-20-15-7-5-4-6-14(15)16-18(25-17)21-19(26-2)23-22-16/h4-10,13,17,20H,3,11H2,1-2H3. The first-order valence-corrected chi connectivity index (χ1v) is 9.82. The highest BCUT2D eigenvalue weighted by Crippen LogP contribution is 2.37. The third-order valence-electron chi connectivity index (χ3n) is 4.29. The number of benzene rings is 1. The van der Waals surface area contributed by atoms with Crippen molar-refractivity contribution in [2.24, 2.45) is 0 Å². The molecule has 1 aliphatic carbocycles. The van der Waals surface area contributed by atoms with Crippen LogP contribution in [0.25, 0.3) is 11.3 Å². The van der Waals surface area contributed by atoms with Gasteiger partial charge in [0, 0.05) is 23.4 Å². The average molecular weight is 368 g/mol. The van der Waals surface area contributed by atoms with Crippen molar-refractivity contribution in [3.05, 3.63) is 48.1 Å². The number of fused-ring (bicyclic) bond motifs is 3. The molecule has 0 fully saturated rings. The Bertz CT molecular complexity index is 868. The molecule has 7 heteroatoms. The van der Waals surface area contributed by atoms with E-state index in [1.54, 1.807) is 0 Å². The first kappa shape index (κ1) is 17.1. The Balaban J connectivity index is 1.70. The van der Waals surface area contributed by atoms with Crippen LogP contribution in [-0.4, -0.2) is 40.4 Å². The SMILES string of the molecule is CCOC1C=CC(C2Nc3ccccc3-c3nnc(SC)nc3O2)=CC1. The monoisotopic (exact) mass is 368 g/mol. The van der Waals surface area contributed by atoms with Crippen LogP contribution in [0.2, 0.25) is 0 Å². The fourth-order valence-corrected chi connectivity index (χ4v) is 3.33. The van der Waals surface area contributed by atoms with Gasteiger partial charge < -0.3 is 14.8 Å². The summed E-state index contributed by atoms with van der Waals surface area (Å²) in [4.78, 5) is 4.53. The molecule has 6 nitrogen and oxygen atoms in total. The first-order chi connectivity index (χ1) is 12.8. The van der Waals surface area contributed by atoms with Crippen molar-refractivity contribution in [2.45, 2.75) is 30.8 Å². The van der Waals surface area contributed by atoms with Crippen molar-refractivity contribution >= 4 is 17.4 Å². The van der Waals surface area contributed by atoms with E-state index < -0.39 is 0 Å². The predicted molar refractivity (Wildman–Crippen MR) is 102 cm³/mol. The summed E-state index contributed by atoms with van der Waals surface area (Å²) in [5, 5.41) is 12.6. The summed E-state index contributed by atoms with van der Waals surface area (Å²) in [5.41, 5.74) is 3.59. The van der Waals surface area contributed by atoms with Gasteiger partial charge in [0.05, 0.1) is 6.10 Å². The van der Waals surface area contributed by atoms with Gasteiger partial charge in [-0.25, -0.2) is 0 Å². The second-order valence-corrected chi connectivity index (χ2v) is 6.71. The summed E-state index contributed by atoms with van der Waals surface area (Å²) in [6, 6.07) is 7.97. The average Bonchev–Trinajstić information content (AvgIpc) is 2.85. The molecule has 0 saturated heterocycles. The summed E-state index contributed by atoms with van der Waals surface area (Å²) in [5.74, 6) is 0.494. The van der Waals surface area contributed by atoms with Crippen molar-refractivity contribution in [1.29, 1.82) is 0 Å². The van der Waals surface area contributed by atoms with Crippen LogP contribution in [0.4, 0.5) is 5.69 Å². The molecule has 2 atom stereocenters. The number of ether oxygens (including phenoxy) is 2. The summed E-state index contributed by atoms with van der Waals surface area (Å²) < 4.78 is 11.9. The molecule has 2 aliphatic rings. The smallest absolute Gasteiger partial charge is 0.247 e. The van der Waals surface area contributed by atoms with Crippen molar-refractivity contribution in [3.8, 4) is 17.1 Å². The van der Waals surface area contributed by atoms with Gasteiger partial charge in [0.1, 0.15) is 0 Å². The predicted octanol–water partition coefficient (Wildman–Crippen LogP) is 3.68. The second-order valence-electron chi connectivity index (χ2n) is 5.93. The zero-order valence-electron chi connectivity index (χ0n) is 14.7. The van der Waals surface area contributed by atoms with Gasteiger partial charge in [-0.2, -0.15) is 4.98 Å². The molecule has 26 heavy (non-hydrogen) atoms. The highest BCUT2D eigenvalue weighted by Gasteiger charge is 2.27. The quantitative estimate of drug-likeness (QED) is 0.826. The largest absolute Gasteiger partial charge is 0.448 e. The maximum atomic E-state index is 6.22. The molecule has 2 aromatic rings. The normalized spacial score (nSPS) is 20.9. The van der Waals surface area contributed by atoms with E-state index in [2.05, 4.69) is 38.7 Å². The van der Waals surface area contributed by atoms with Gasteiger partial charge in [-0.15, -0.1) is 10.2 Å². The van der Waals surface area contributed by atoms with Crippen molar-refractivity contribution < 1.29 is 9.47 Å². The van der Waals surface area contributed by atoms with Gasteiger partial charge in [-0.1, -0.05) is 48.2 Å². The summed E-state index contributed by atoms with van der Waals surface area (Å²) in [6.07, 6.45) is 8.81. The highest BCUT2D eigenvalue weighted by molar-refractivity contribution is 7.98. The second kappa shape index (κ2) is 7.47. The van der Waals surface area contributed by atoms with E-state index in [0.29, 0.717) is 23.3 Å². The zero-order valence-corrected chi connectivity index (χ0v) is 15.5. The van der Waals surface area contributed by atoms with Crippen LogP contribution in [0, 0.1) is 0 Å². The van der Waals surface area contributed by atoms with Gasteiger partial charge in [-0.3, -0.25) is 0 Å². The van der Waals surface area contributed by atoms with Crippen molar-refractivity contribution in [1.82, 2.24) is 15.2 Å². The van der Waals surface area contributed by atoms with Crippen LogP contribution in [0.15, 0.2) is 53.2 Å². The van der Waals surface area contributed by atoms with Gasteiger partial charge in [0.25, 0.3) is 0 Å². The summed E-state index contributed by atoms with van der Waals surface area (Å²) in [6.45, 7) is 2.71. The Morgan fingerprint density at radius 1 is 1.31 bits per heavy atom. The molecule has 1 N–H and O–H groups in total. The van der Waals surface area contributed by atoms with Gasteiger partial charge >= 0.3 is 0 Å².